The van der Waals surface area contributed by atoms with Gasteiger partial charge in [-0.2, -0.15) is 13.2 Å². The van der Waals surface area contributed by atoms with Crippen LogP contribution in [0.25, 0.3) is 16.7 Å². The molecule has 1 aromatic heterocycles. The summed E-state index contributed by atoms with van der Waals surface area (Å²) in [5.74, 6) is -2.70. The van der Waals surface area contributed by atoms with Crippen molar-refractivity contribution in [2.75, 3.05) is 5.32 Å². The van der Waals surface area contributed by atoms with E-state index in [0.29, 0.717) is 11.2 Å². The number of aliphatic imine (C=N–C) groups is 1. The lowest BCUT2D eigenvalue weighted by molar-refractivity contribution is -0.145. The van der Waals surface area contributed by atoms with Crippen molar-refractivity contribution in [2.24, 2.45) is 10.7 Å². The molecule has 0 fully saturated rings. The van der Waals surface area contributed by atoms with Gasteiger partial charge in [0.15, 0.2) is 5.96 Å². The first-order valence-electron chi connectivity index (χ1n) is 8.94. The first-order valence-corrected chi connectivity index (χ1v) is 8.94. The standard InChI is InChI=1S/C21H14F5N5/c22-12-5-10-15(23)17(11-12)30-20(27)28-13-6-8-14(9-7-13)31-18-4-2-1-3-16(18)29-19(31)21(24,25)26/h1-11H,(H3,27,28,30). The minimum Gasteiger partial charge on any atom is -0.369 e. The lowest BCUT2D eigenvalue weighted by Gasteiger charge is -2.12. The molecule has 4 aromatic rings. The number of aromatic nitrogens is 2. The van der Waals surface area contributed by atoms with Gasteiger partial charge in [0.05, 0.1) is 11.0 Å². The van der Waals surface area contributed by atoms with E-state index in [0.717, 1.165) is 22.8 Å². The van der Waals surface area contributed by atoms with Gasteiger partial charge in [-0.15, -0.1) is 0 Å². The number of guanidine groups is 1. The monoisotopic (exact) mass is 431 g/mol. The molecule has 0 saturated carbocycles. The molecule has 3 N–H and O–H groups in total. The van der Waals surface area contributed by atoms with Crippen molar-refractivity contribution in [3.8, 4) is 5.69 Å². The molecule has 0 aliphatic heterocycles. The van der Waals surface area contributed by atoms with E-state index in [1.165, 1.54) is 30.3 Å². The average Bonchev–Trinajstić information content (AvgIpc) is 3.11. The van der Waals surface area contributed by atoms with Crippen LogP contribution in [0.5, 0.6) is 0 Å². The summed E-state index contributed by atoms with van der Waals surface area (Å²) in [6.07, 6.45) is -4.65. The number of para-hydroxylation sites is 2. The number of nitrogens with one attached hydrogen (secondary N) is 1. The van der Waals surface area contributed by atoms with Crippen molar-refractivity contribution in [3.05, 3.63) is 84.2 Å². The highest BCUT2D eigenvalue weighted by molar-refractivity contribution is 5.94. The van der Waals surface area contributed by atoms with Gasteiger partial charge in [0.1, 0.15) is 17.3 Å². The van der Waals surface area contributed by atoms with Gasteiger partial charge in [0, 0.05) is 17.4 Å². The molecule has 0 aliphatic rings. The molecule has 5 nitrogen and oxygen atoms in total. The summed E-state index contributed by atoms with van der Waals surface area (Å²) in [5.41, 5.74) is 6.58. The number of nitrogens with two attached hydrogens (primary N) is 1. The van der Waals surface area contributed by atoms with Gasteiger partial charge in [-0.1, -0.05) is 12.1 Å². The molecular weight excluding hydrogens is 417 g/mol. The van der Waals surface area contributed by atoms with Crippen LogP contribution in [0.2, 0.25) is 0 Å². The molecule has 0 unspecified atom stereocenters. The van der Waals surface area contributed by atoms with Crippen LogP contribution in [0.15, 0.2) is 71.7 Å². The number of nitrogens with zero attached hydrogens (tertiary/aromatic N) is 3. The average molecular weight is 431 g/mol. The molecule has 0 radical (unpaired) electrons. The Bertz CT molecular complexity index is 1280. The second-order valence-electron chi connectivity index (χ2n) is 6.52. The molecule has 10 heteroatoms. The highest BCUT2D eigenvalue weighted by Crippen LogP contribution is 2.34. The van der Waals surface area contributed by atoms with Crippen molar-refractivity contribution in [2.45, 2.75) is 6.18 Å². The van der Waals surface area contributed by atoms with Gasteiger partial charge < -0.3 is 11.1 Å². The second kappa shape index (κ2) is 7.71. The minimum absolute atomic E-state index is 0.213. The Morgan fingerprint density at radius 3 is 2.39 bits per heavy atom. The zero-order valence-electron chi connectivity index (χ0n) is 15.7. The van der Waals surface area contributed by atoms with Crippen LogP contribution in [0, 0.1) is 11.6 Å². The van der Waals surface area contributed by atoms with Crippen molar-refractivity contribution >= 4 is 28.4 Å². The van der Waals surface area contributed by atoms with E-state index in [9.17, 15) is 22.0 Å². The number of hydrogen-bond acceptors (Lipinski definition) is 2. The third kappa shape index (κ3) is 4.18. The SMILES string of the molecule is NC(=Nc1cc(F)ccc1F)Nc1ccc(-n2c(C(F)(F)F)nc3ccccc32)cc1. The number of benzene rings is 3. The molecular formula is C21H14F5N5. The van der Waals surface area contributed by atoms with Gasteiger partial charge in [-0.05, 0) is 48.5 Å². The maximum atomic E-state index is 13.7. The van der Waals surface area contributed by atoms with Crippen molar-refractivity contribution < 1.29 is 22.0 Å². The Labute approximate surface area is 172 Å². The summed E-state index contributed by atoms with van der Waals surface area (Å²) < 4.78 is 68.5. The molecule has 0 saturated heterocycles. The van der Waals surface area contributed by atoms with Crippen LogP contribution in [0.4, 0.5) is 33.3 Å². The first kappa shape index (κ1) is 20.3. The van der Waals surface area contributed by atoms with E-state index >= 15 is 0 Å². The molecule has 4 rings (SSSR count). The van der Waals surface area contributed by atoms with E-state index in [-0.39, 0.29) is 22.9 Å². The molecule has 31 heavy (non-hydrogen) atoms. The first-order chi connectivity index (χ1) is 14.7. The normalized spacial score (nSPS) is 12.4. The van der Waals surface area contributed by atoms with Crippen LogP contribution in [0.1, 0.15) is 5.82 Å². The predicted octanol–water partition coefficient (Wildman–Crippen LogP) is 5.38. The summed E-state index contributed by atoms with van der Waals surface area (Å²) >= 11 is 0. The van der Waals surface area contributed by atoms with Crippen LogP contribution in [0.3, 0.4) is 0 Å². The molecule has 158 valence electrons. The highest BCUT2D eigenvalue weighted by Gasteiger charge is 2.38. The van der Waals surface area contributed by atoms with Gasteiger partial charge in [-0.3, -0.25) is 4.57 Å². The molecule has 3 aromatic carbocycles. The Kier molecular flexibility index (Phi) is 5.05. The second-order valence-corrected chi connectivity index (χ2v) is 6.52. The Morgan fingerprint density at radius 1 is 0.968 bits per heavy atom. The number of alkyl halides is 3. The molecule has 0 spiro atoms. The zero-order chi connectivity index (χ0) is 22.2. The van der Waals surface area contributed by atoms with E-state index in [1.54, 1.807) is 18.2 Å². The van der Waals surface area contributed by atoms with E-state index in [4.69, 9.17) is 5.73 Å². The summed E-state index contributed by atoms with van der Waals surface area (Å²) in [4.78, 5) is 7.49. The third-order valence-corrected chi connectivity index (χ3v) is 4.36. The molecule has 0 atom stereocenters. The Hall–Kier alpha value is -3.95. The maximum absolute atomic E-state index is 13.7. The highest BCUT2D eigenvalue weighted by atomic mass is 19.4. The summed E-state index contributed by atoms with van der Waals surface area (Å²) in [6, 6.07) is 14.9. The van der Waals surface area contributed by atoms with Gasteiger partial charge >= 0.3 is 6.18 Å². The van der Waals surface area contributed by atoms with E-state index in [2.05, 4.69) is 15.3 Å². The predicted molar refractivity (Wildman–Crippen MR) is 107 cm³/mol. The smallest absolute Gasteiger partial charge is 0.369 e. The topological polar surface area (TPSA) is 68.2 Å². The number of halogens is 5. The summed E-state index contributed by atoms with van der Waals surface area (Å²) in [5, 5.41) is 2.68. The maximum Gasteiger partial charge on any atom is 0.450 e. The lowest BCUT2D eigenvalue weighted by Crippen LogP contribution is -2.22. The molecule has 0 amide bonds. The summed E-state index contributed by atoms with van der Waals surface area (Å²) in [7, 11) is 0. The van der Waals surface area contributed by atoms with Crippen LogP contribution in [-0.2, 0) is 6.18 Å². The molecule has 0 bridgehead atoms. The lowest BCUT2D eigenvalue weighted by atomic mass is 10.2. The van der Waals surface area contributed by atoms with Gasteiger partial charge in [0.2, 0.25) is 5.82 Å². The number of hydrogen-bond donors (Lipinski definition) is 2. The number of fused-ring (bicyclic) bond motifs is 1. The fourth-order valence-corrected chi connectivity index (χ4v) is 3.05. The largest absolute Gasteiger partial charge is 0.450 e. The van der Waals surface area contributed by atoms with Gasteiger partial charge in [0.25, 0.3) is 0 Å². The molecule has 1 heterocycles. The number of anilines is 1. The fourth-order valence-electron chi connectivity index (χ4n) is 3.05. The quantitative estimate of drug-likeness (QED) is 0.260. The molecule has 0 aliphatic carbocycles. The van der Waals surface area contributed by atoms with Crippen molar-refractivity contribution in [1.82, 2.24) is 9.55 Å². The fraction of sp³-hybridized carbons (Fsp3) is 0.0476. The van der Waals surface area contributed by atoms with Crippen molar-refractivity contribution in [1.29, 1.82) is 0 Å². The Balaban J connectivity index is 1.65. The number of imidazole rings is 1. The van der Waals surface area contributed by atoms with Crippen molar-refractivity contribution in [3.63, 3.8) is 0 Å². The minimum atomic E-state index is -4.65. The van der Waals surface area contributed by atoms with Crippen LogP contribution < -0.4 is 11.1 Å². The zero-order valence-corrected chi connectivity index (χ0v) is 15.7. The van der Waals surface area contributed by atoms with E-state index in [1.807, 2.05) is 0 Å². The van der Waals surface area contributed by atoms with Crippen LogP contribution >= 0.6 is 0 Å². The number of rotatable bonds is 3. The van der Waals surface area contributed by atoms with Crippen LogP contribution in [-0.4, -0.2) is 15.5 Å². The Morgan fingerprint density at radius 2 is 1.68 bits per heavy atom. The van der Waals surface area contributed by atoms with Gasteiger partial charge in [-0.25, -0.2) is 18.8 Å². The third-order valence-electron chi connectivity index (χ3n) is 4.36. The summed E-state index contributed by atoms with van der Waals surface area (Å²) in [6.45, 7) is 0. The van der Waals surface area contributed by atoms with E-state index < -0.39 is 23.6 Å².